The number of methoxy groups -OCH3 is 1. The van der Waals surface area contributed by atoms with Gasteiger partial charge in [0.05, 0.1) is 39.3 Å². The van der Waals surface area contributed by atoms with Gasteiger partial charge >= 0.3 is 0 Å². The normalized spacial score (nSPS) is 11.7. The van der Waals surface area contributed by atoms with Gasteiger partial charge in [-0.05, 0) is 30.5 Å². The van der Waals surface area contributed by atoms with E-state index in [1.807, 2.05) is 18.2 Å². The molecule has 0 aliphatic heterocycles. The van der Waals surface area contributed by atoms with Crippen LogP contribution in [0.2, 0.25) is 0 Å². The topological polar surface area (TPSA) is 89.5 Å². The fourth-order valence-electron chi connectivity index (χ4n) is 4.32. The van der Waals surface area contributed by atoms with Gasteiger partial charge in [-0.2, -0.15) is 8.42 Å². The highest BCUT2D eigenvalue weighted by Crippen LogP contribution is 2.25. The molecule has 0 aromatic heterocycles. The van der Waals surface area contributed by atoms with Crippen molar-refractivity contribution in [3.05, 3.63) is 23.8 Å². The molecular weight excluding hydrogens is 532 g/mol. The lowest BCUT2D eigenvalue weighted by Gasteiger charge is -2.13. The maximum absolute atomic E-state index is 11.2. The number of ether oxygens (including phenoxy) is 5. The maximum Gasteiger partial charge on any atom is 0.264 e. The van der Waals surface area contributed by atoms with Crippen molar-refractivity contribution in [2.45, 2.75) is 96.8 Å². The fraction of sp³-hybridized carbons (Fsp3) is 0.806. The van der Waals surface area contributed by atoms with Crippen molar-refractivity contribution < 1.29 is 36.3 Å². The summed E-state index contributed by atoms with van der Waals surface area (Å²) in [6.45, 7) is 5.39. The second-order valence-corrected chi connectivity index (χ2v) is 11.9. The van der Waals surface area contributed by atoms with Gasteiger partial charge in [0, 0.05) is 13.2 Å². The number of unbranched alkanes of at least 4 members (excludes halogenated alkanes) is 12. The monoisotopic (exact) mass is 588 g/mol. The van der Waals surface area contributed by atoms with Crippen LogP contribution in [0.1, 0.15) is 96.0 Å². The third-order valence-electron chi connectivity index (χ3n) is 6.46. The van der Waals surface area contributed by atoms with Gasteiger partial charge in [0.1, 0.15) is 31.3 Å². The van der Waals surface area contributed by atoms with Crippen LogP contribution in [-0.2, 0) is 34.9 Å². The summed E-state index contributed by atoms with van der Waals surface area (Å²) in [5, 5.41) is 0. The molecule has 0 unspecified atom stereocenters. The molecule has 9 heteroatoms. The van der Waals surface area contributed by atoms with Crippen molar-refractivity contribution in [3.8, 4) is 11.5 Å². The molecule has 0 saturated heterocycles. The minimum atomic E-state index is -3.49. The van der Waals surface area contributed by atoms with E-state index in [4.69, 9.17) is 27.9 Å². The smallest absolute Gasteiger partial charge is 0.264 e. The SMILES string of the molecule is CCCCCCCCCCCCCCCc1cc(OCCOCCOCCOC)cc(OCCOS(C)(=O)=O)c1. The zero-order chi connectivity index (χ0) is 29.2. The van der Waals surface area contributed by atoms with Gasteiger partial charge in [-0.3, -0.25) is 4.18 Å². The molecule has 40 heavy (non-hydrogen) atoms. The van der Waals surface area contributed by atoms with Crippen LogP contribution in [0.15, 0.2) is 18.2 Å². The summed E-state index contributed by atoms with van der Waals surface area (Å²) in [5.41, 5.74) is 1.15. The summed E-state index contributed by atoms with van der Waals surface area (Å²) in [4.78, 5) is 0. The Morgan fingerprint density at radius 3 is 1.52 bits per heavy atom. The average Bonchev–Trinajstić information content (AvgIpc) is 2.92. The molecule has 0 fully saturated rings. The molecule has 0 radical (unpaired) electrons. The molecule has 0 saturated carbocycles. The van der Waals surface area contributed by atoms with Crippen molar-refractivity contribution in [3.63, 3.8) is 0 Å². The third kappa shape index (κ3) is 23.3. The molecule has 0 atom stereocenters. The molecule has 0 heterocycles. The lowest BCUT2D eigenvalue weighted by Crippen LogP contribution is -2.13. The Morgan fingerprint density at radius 2 is 1.02 bits per heavy atom. The Morgan fingerprint density at radius 1 is 0.575 bits per heavy atom. The summed E-state index contributed by atoms with van der Waals surface area (Å²) >= 11 is 0. The molecule has 1 aromatic rings. The minimum Gasteiger partial charge on any atom is -0.491 e. The summed E-state index contributed by atoms with van der Waals surface area (Å²) in [6, 6.07) is 5.87. The maximum atomic E-state index is 11.2. The van der Waals surface area contributed by atoms with Gasteiger partial charge in [0.25, 0.3) is 10.1 Å². The Kier molecular flexibility index (Phi) is 23.2. The number of rotatable bonds is 29. The molecule has 0 N–H and O–H groups in total. The van der Waals surface area contributed by atoms with Gasteiger partial charge in [-0.15, -0.1) is 0 Å². The Bertz CT molecular complexity index is 816. The van der Waals surface area contributed by atoms with Gasteiger partial charge in [-0.1, -0.05) is 84.0 Å². The van der Waals surface area contributed by atoms with Crippen molar-refractivity contribution >= 4 is 10.1 Å². The van der Waals surface area contributed by atoms with E-state index >= 15 is 0 Å². The van der Waals surface area contributed by atoms with Crippen LogP contribution in [0.4, 0.5) is 0 Å². The average molecular weight is 589 g/mol. The Labute approximate surface area is 244 Å². The van der Waals surface area contributed by atoms with Crippen LogP contribution in [0.3, 0.4) is 0 Å². The second kappa shape index (κ2) is 25.3. The van der Waals surface area contributed by atoms with E-state index in [1.54, 1.807) is 7.11 Å². The lowest BCUT2D eigenvalue weighted by molar-refractivity contribution is 0.0179. The predicted octanol–water partition coefficient (Wildman–Crippen LogP) is 6.73. The molecule has 0 amide bonds. The second-order valence-electron chi connectivity index (χ2n) is 10.2. The van der Waals surface area contributed by atoms with Crippen LogP contribution < -0.4 is 9.47 Å². The van der Waals surface area contributed by atoms with E-state index < -0.39 is 10.1 Å². The summed E-state index contributed by atoms with van der Waals surface area (Å²) in [5.74, 6) is 1.36. The molecule has 234 valence electrons. The van der Waals surface area contributed by atoms with Crippen molar-refractivity contribution in [1.82, 2.24) is 0 Å². The molecule has 1 aromatic carbocycles. The first-order valence-corrected chi connectivity index (χ1v) is 17.1. The van der Waals surface area contributed by atoms with Crippen molar-refractivity contribution in [2.24, 2.45) is 0 Å². The summed E-state index contributed by atoms with van der Waals surface area (Å²) in [7, 11) is -1.84. The first-order chi connectivity index (χ1) is 19.4. The largest absolute Gasteiger partial charge is 0.491 e. The Balaban J connectivity index is 2.34. The first kappa shape index (κ1) is 36.6. The molecule has 8 nitrogen and oxygen atoms in total. The highest BCUT2D eigenvalue weighted by atomic mass is 32.2. The van der Waals surface area contributed by atoms with Gasteiger partial charge in [-0.25, -0.2) is 0 Å². The van der Waals surface area contributed by atoms with Crippen molar-refractivity contribution in [2.75, 3.05) is 66.2 Å². The van der Waals surface area contributed by atoms with E-state index in [0.717, 1.165) is 24.7 Å². The van der Waals surface area contributed by atoms with E-state index in [1.165, 1.54) is 77.0 Å². The van der Waals surface area contributed by atoms with Crippen LogP contribution >= 0.6 is 0 Å². The number of aryl methyl sites for hydroxylation is 1. The van der Waals surface area contributed by atoms with Crippen LogP contribution in [0, 0.1) is 0 Å². The molecule has 0 bridgehead atoms. The molecular formula is C31H56O8S. The van der Waals surface area contributed by atoms with Crippen LogP contribution in [-0.4, -0.2) is 74.6 Å². The van der Waals surface area contributed by atoms with Gasteiger partial charge in [0.2, 0.25) is 0 Å². The highest BCUT2D eigenvalue weighted by Gasteiger charge is 2.06. The van der Waals surface area contributed by atoms with E-state index in [9.17, 15) is 8.42 Å². The van der Waals surface area contributed by atoms with E-state index in [0.29, 0.717) is 51.1 Å². The minimum absolute atomic E-state index is 0.0294. The number of benzene rings is 1. The summed E-state index contributed by atoms with van der Waals surface area (Å²) in [6.07, 6.45) is 19.3. The van der Waals surface area contributed by atoms with Crippen LogP contribution in [0.5, 0.6) is 11.5 Å². The molecule has 0 aliphatic rings. The van der Waals surface area contributed by atoms with Crippen LogP contribution in [0.25, 0.3) is 0 Å². The number of hydrogen-bond acceptors (Lipinski definition) is 8. The van der Waals surface area contributed by atoms with Gasteiger partial charge < -0.3 is 23.7 Å². The van der Waals surface area contributed by atoms with E-state index in [2.05, 4.69) is 6.92 Å². The number of hydrogen-bond donors (Lipinski definition) is 0. The third-order valence-corrected chi connectivity index (χ3v) is 7.05. The zero-order valence-electron chi connectivity index (χ0n) is 25.5. The first-order valence-electron chi connectivity index (χ1n) is 15.3. The van der Waals surface area contributed by atoms with E-state index in [-0.39, 0.29) is 13.2 Å². The molecule has 0 aliphatic carbocycles. The zero-order valence-corrected chi connectivity index (χ0v) is 26.3. The van der Waals surface area contributed by atoms with Crippen molar-refractivity contribution in [1.29, 1.82) is 0 Å². The van der Waals surface area contributed by atoms with Gasteiger partial charge in [0.15, 0.2) is 0 Å². The fourth-order valence-corrected chi connectivity index (χ4v) is 4.69. The Hall–Kier alpha value is -1.39. The highest BCUT2D eigenvalue weighted by molar-refractivity contribution is 7.85. The lowest BCUT2D eigenvalue weighted by atomic mass is 10.0. The quantitative estimate of drug-likeness (QED) is 0.0751. The molecule has 0 spiro atoms. The standard InChI is InChI=1S/C31H56O8S/c1-4-5-6-7-8-9-10-11-12-13-14-15-16-17-29-26-30(37-23-22-36-21-20-35-19-18-34-2)28-31(27-29)38-24-25-39-40(3,32)33/h26-28H,4-25H2,1-3H3. The summed E-state index contributed by atoms with van der Waals surface area (Å²) < 4.78 is 54.7. The predicted molar refractivity (Wildman–Crippen MR) is 161 cm³/mol. The molecule has 1 rings (SSSR count).